The van der Waals surface area contributed by atoms with Crippen molar-refractivity contribution in [2.24, 2.45) is 0 Å². The summed E-state index contributed by atoms with van der Waals surface area (Å²) in [6.45, 7) is 7.85. The van der Waals surface area contributed by atoms with E-state index in [1.165, 1.54) is 16.7 Å². The first kappa shape index (κ1) is 24.5. The molecular weight excluding hydrogens is 496 g/mol. The smallest absolute Gasteiger partial charge is 0.289 e. The summed E-state index contributed by atoms with van der Waals surface area (Å²) >= 11 is 6.19. The lowest BCUT2D eigenvalue weighted by atomic mass is 10.00. The zero-order valence-electron chi connectivity index (χ0n) is 21.5. The first-order valence-corrected chi connectivity index (χ1v) is 13.2. The van der Waals surface area contributed by atoms with Gasteiger partial charge in [-0.15, -0.1) is 0 Å². The Balaban J connectivity index is 1.34. The lowest BCUT2D eigenvalue weighted by Gasteiger charge is -2.34. The molecule has 0 aliphatic carbocycles. The molecule has 5 aromatic rings. The molecule has 1 aliphatic heterocycles. The van der Waals surface area contributed by atoms with Crippen LogP contribution in [0.1, 0.15) is 27.4 Å². The lowest BCUT2D eigenvalue weighted by Crippen LogP contribution is -2.48. The van der Waals surface area contributed by atoms with E-state index < -0.39 is 0 Å². The quantitative estimate of drug-likeness (QED) is 0.264. The van der Waals surface area contributed by atoms with E-state index in [1.54, 1.807) is 18.4 Å². The van der Waals surface area contributed by atoms with Crippen molar-refractivity contribution < 1.29 is 9.21 Å². The van der Waals surface area contributed by atoms with Gasteiger partial charge in [-0.1, -0.05) is 47.5 Å². The Labute approximate surface area is 227 Å². The molecule has 0 atom stereocenters. The Morgan fingerprint density at radius 2 is 1.71 bits per heavy atom. The Morgan fingerprint density at radius 1 is 0.947 bits per heavy atom. The van der Waals surface area contributed by atoms with E-state index in [0.29, 0.717) is 23.9 Å². The maximum atomic E-state index is 12.7. The number of benzene rings is 2. The number of hydrogen-bond acceptors (Lipinski definition) is 4. The van der Waals surface area contributed by atoms with E-state index in [0.717, 1.165) is 47.8 Å². The molecule has 0 unspecified atom stereocenters. The van der Waals surface area contributed by atoms with Gasteiger partial charge in [0, 0.05) is 49.5 Å². The maximum absolute atomic E-state index is 12.7. The number of hydrogen-bond donors (Lipinski definition) is 0. The molecule has 1 amide bonds. The van der Waals surface area contributed by atoms with Crippen LogP contribution in [0.5, 0.6) is 0 Å². The van der Waals surface area contributed by atoms with Crippen molar-refractivity contribution in [2.75, 3.05) is 26.2 Å². The predicted molar refractivity (Wildman–Crippen MR) is 150 cm³/mol. The summed E-state index contributed by atoms with van der Waals surface area (Å²) in [4.78, 5) is 22.0. The highest BCUT2D eigenvalue weighted by Gasteiger charge is 2.25. The van der Waals surface area contributed by atoms with Gasteiger partial charge < -0.3 is 13.7 Å². The largest absolute Gasteiger partial charge is 0.459 e. The molecule has 0 N–H and O–H groups in total. The van der Waals surface area contributed by atoms with E-state index in [9.17, 15) is 4.79 Å². The van der Waals surface area contributed by atoms with Gasteiger partial charge in [-0.05, 0) is 66.9 Å². The monoisotopic (exact) mass is 524 g/mol. The minimum absolute atomic E-state index is 0.0514. The standard InChI is InChI=1S/C31H29ClN4O2/c1-21-5-6-22(2)26(18-21)24-9-12-29-33-30(23-7-10-25(32)11-8-23)27(36(29)19-24)20-34-13-15-35(16-14-34)31(37)28-4-3-17-38-28/h3-12,17-19H,13-16,20H2,1-2H3. The molecule has 0 spiro atoms. The summed E-state index contributed by atoms with van der Waals surface area (Å²) in [7, 11) is 0. The summed E-state index contributed by atoms with van der Waals surface area (Å²) in [5, 5.41) is 0.702. The van der Waals surface area contributed by atoms with Gasteiger partial charge in [0.05, 0.1) is 17.7 Å². The Hall–Kier alpha value is -3.87. The number of carbonyl (C=O) groups excluding carboxylic acids is 1. The summed E-state index contributed by atoms with van der Waals surface area (Å²) in [5.41, 5.74) is 8.89. The van der Waals surface area contributed by atoms with Crippen molar-refractivity contribution in [1.82, 2.24) is 19.2 Å². The number of aromatic nitrogens is 2. The van der Waals surface area contributed by atoms with E-state index in [2.05, 4.69) is 59.7 Å². The molecule has 38 heavy (non-hydrogen) atoms. The van der Waals surface area contributed by atoms with Crippen LogP contribution in [0.25, 0.3) is 28.0 Å². The average Bonchev–Trinajstić information content (AvgIpc) is 3.59. The van der Waals surface area contributed by atoms with Gasteiger partial charge in [0.2, 0.25) is 0 Å². The summed E-state index contributed by atoms with van der Waals surface area (Å²) in [6, 6.07) is 22.1. The summed E-state index contributed by atoms with van der Waals surface area (Å²) in [5.74, 6) is 0.341. The van der Waals surface area contributed by atoms with Gasteiger partial charge >= 0.3 is 0 Å². The second-order valence-electron chi connectivity index (χ2n) is 9.92. The highest BCUT2D eigenvalue weighted by Crippen LogP contribution is 2.31. The zero-order valence-corrected chi connectivity index (χ0v) is 22.3. The van der Waals surface area contributed by atoms with Crippen LogP contribution in [0.3, 0.4) is 0 Å². The Kier molecular flexibility index (Phi) is 6.52. The molecule has 1 saturated heterocycles. The van der Waals surface area contributed by atoms with Crippen LogP contribution >= 0.6 is 11.6 Å². The fourth-order valence-corrected chi connectivity index (χ4v) is 5.29. The average molecular weight is 525 g/mol. The number of fused-ring (bicyclic) bond motifs is 1. The maximum Gasteiger partial charge on any atom is 0.289 e. The van der Waals surface area contributed by atoms with Gasteiger partial charge in [0.1, 0.15) is 5.65 Å². The Bertz CT molecular complexity index is 1600. The molecule has 3 aromatic heterocycles. The van der Waals surface area contributed by atoms with E-state index in [4.69, 9.17) is 21.0 Å². The van der Waals surface area contributed by atoms with Crippen LogP contribution in [0.4, 0.5) is 0 Å². The molecule has 192 valence electrons. The van der Waals surface area contributed by atoms with Gasteiger partial charge in [0.25, 0.3) is 5.91 Å². The number of carbonyl (C=O) groups is 1. The number of amides is 1. The van der Waals surface area contributed by atoms with Crippen molar-refractivity contribution >= 4 is 23.2 Å². The van der Waals surface area contributed by atoms with Crippen LogP contribution in [0, 0.1) is 13.8 Å². The summed E-state index contributed by atoms with van der Waals surface area (Å²) in [6.07, 6.45) is 3.74. The first-order valence-electron chi connectivity index (χ1n) is 12.9. The fourth-order valence-electron chi connectivity index (χ4n) is 5.17. The number of furan rings is 1. The Morgan fingerprint density at radius 3 is 2.45 bits per heavy atom. The zero-order chi connectivity index (χ0) is 26.2. The van der Waals surface area contributed by atoms with E-state index in [1.807, 2.05) is 29.2 Å². The van der Waals surface area contributed by atoms with Crippen molar-refractivity contribution in [1.29, 1.82) is 0 Å². The molecule has 0 saturated carbocycles. The molecule has 0 radical (unpaired) electrons. The third kappa shape index (κ3) is 4.73. The highest BCUT2D eigenvalue weighted by atomic mass is 35.5. The second kappa shape index (κ2) is 10.1. The minimum atomic E-state index is -0.0514. The second-order valence-corrected chi connectivity index (χ2v) is 10.4. The molecule has 2 aromatic carbocycles. The van der Waals surface area contributed by atoms with E-state index in [-0.39, 0.29) is 5.91 Å². The van der Waals surface area contributed by atoms with Crippen molar-refractivity contribution in [3.63, 3.8) is 0 Å². The molecular formula is C31H29ClN4O2. The van der Waals surface area contributed by atoms with Crippen molar-refractivity contribution in [3.05, 3.63) is 107 Å². The van der Waals surface area contributed by atoms with Gasteiger partial charge in [-0.3, -0.25) is 9.69 Å². The molecule has 4 heterocycles. The number of aryl methyl sites for hydroxylation is 2. The van der Waals surface area contributed by atoms with Crippen molar-refractivity contribution in [2.45, 2.75) is 20.4 Å². The van der Waals surface area contributed by atoms with Gasteiger partial charge in [0.15, 0.2) is 5.76 Å². The number of piperazine rings is 1. The highest BCUT2D eigenvalue weighted by molar-refractivity contribution is 6.30. The molecule has 1 aliphatic rings. The van der Waals surface area contributed by atoms with Crippen LogP contribution in [-0.2, 0) is 6.54 Å². The van der Waals surface area contributed by atoms with Gasteiger partial charge in [-0.25, -0.2) is 4.98 Å². The fraction of sp³-hybridized carbons (Fsp3) is 0.226. The number of imidazole rings is 1. The molecule has 0 bridgehead atoms. The summed E-state index contributed by atoms with van der Waals surface area (Å²) < 4.78 is 7.54. The predicted octanol–water partition coefficient (Wildman–Crippen LogP) is 6.49. The first-order chi connectivity index (χ1) is 18.5. The SMILES string of the molecule is Cc1ccc(C)c(-c2ccc3nc(-c4ccc(Cl)cc4)c(CN4CCN(C(=O)c5ccco5)CC4)n3c2)c1. The van der Waals surface area contributed by atoms with Crippen LogP contribution in [0.15, 0.2) is 83.6 Å². The normalized spacial score (nSPS) is 14.3. The third-order valence-electron chi connectivity index (χ3n) is 7.30. The molecule has 6 rings (SSSR count). The molecule has 1 fully saturated rings. The number of nitrogens with zero attached hydrogens (tertiary/aromatic N) is 4. The van der Waals surface area contributed by atoms with Crippen LogP contribution in [-0.4, -0.2) is 51.3 Å². The van der Waals surface area contributed by atoms with E-state index >= 15 is 0 Å². The number of halogens is 1. The topological polar surface area (TPSA) is 54.0 Å². The number of rotatable bonds is 5. The van der Waals surface area contributed by atoms with Crippen molar-refractivity contribution in [3.8, 4) is 22.4 Å². The third-order valence-corrected chi connectivity index (χ3v) is 7.56. The molecule has 7 heteroatoms. The van der Waals surface area contributed by atoms with Crippen LogP contribution < -0.4 is 0 Å². The van der Waals surface area contributed by atoms with Gasteiger partial charge in [-0.2, -0.15) is 0 Å². The minimum Gasteiger partial charge on any atom is -0.459 e. The van der Waals surface area contributed by atoms with Crippen LogP contribution in [0.2, 0.25) is 5.02 Å². The molecule has 6 nitrogen and oxygen atoms in total. The lowest BCUT2D eigenvalue weighted by molar-refractivity contribution is 0.0596. The number of pyridine rings is 1.